The zero-order valence-electron chi connectivity index (χ0n) is 7.02. The third-order valence-corrected chi connectivity index (χ3v) is 2.51. The Hall–Kier alpha value is -1.16. The fourth-order valence-corrected chi connectivity index (χ4v) is 1.54. The summed E-state index contributed by atoms with van der Waals surface area (Å²) in [7, 11) is 0. The van der Waals surface area contributed by atoms with Crippen LogP contribution in [0.3, 0.4) is 0 Å². The SMILES string of the molecule is Fc1cc(-c2ccc[nH]2)c(F)cc1Br. The largest absolute Gasteiger partial charge is 0.361 e. The summed E-state index contributed by atoms with van der Waals surface area (Å²) in [4.78, 5) is 2.82. The summed E-state index contributed by atoms with van der Waals surface area (Å²) in [5.41, 5.74) is 0.796. The van der Waals surface area contributed by atoms with Crippen LogP contribution in [0.4, 0.5) is 8.78 Å². The first-order valence-electron chi connectivity index (χ1n) is 3.97. The molecule has 0 spiro atoms. The van der Waals surface area contributed by atoms with Gasteiger partial charge in [0.05, 0.1) is 4.47 Å². The van der Waals surface area contributed by atoms with Gasteiger partial charge in [0.15, 0.2) is 0 Å². The molecule has 0 saturated carbocycles. The van der Waals surface area contributed by atoms with Crippen LogP contribution in [0, 0.1) is 11.6 Å². The van der Waals surface area contributed by atoms with Crippen molar-refractivity contribution in [2.45, 2.75) is 0 Å². The minimum atomic E-state index is -0.476. The summed E-state index contributed by atoms with van der Waals surface area (Å²) in [6.45, 7) is 0. The Morgan fingerprint density at radius 1 is 1.14 bits per heavy atom. The maximum Gasteiger partial charge on any atom is 0.138 e. The Morgan fingerprint density at radius 3 is 2.57 bits per heavy atom. The second kappa shape index (κ2) is 3.53. The number of hydrogen-bond acceptors (Lipinski definition) is 0. The molecule has 1 N–H and O–H groups in total. The lowest BCUT2D eigenvalue weighted by Crippen LogP contribution is -1.88. The average molecular weight is 258 g/mol. The van der Waals surface area contributed by atoms with E-state index >= 15 is 0 Å². The molecule has 72 valence electrons. The van der Waals surface area contributed by atoms with Gasteiger partial charge in [-0.05, 0) is 40.2 Å². The normalized spacial score (nSPS) is 10.5. The molecule has 0 atom stereocenters. The summed E-state index contributed by atoms with van der Waals surface area (Å²) < 4.78 is 26.6. The topological polar surface area (TPSA) is 15.8 Å². The Morgan fingerprint density at radius 2 is 1.93 bits per heavy atom. The number of aromatic amines is 1. The van der Waals surface area contributed by atoms with Crippen molar-refractivity contribution in [1.82, 2.24) is 4.98 Å². The Labute approximate surface area is 87.9 Å². The van der Waals surface area contributed by atoms with Crippen LogP contribution in [0.25, 0.3) is 11.3 Å². The molecule has 1 nitrogen and oxygen atoms in total. The van der Waals surface area contributed by atoms with Gasteiger partial charge in [-0.1, -0.05) is 0 Å². The first-order valence-corrected chi connectivity index (χ1v) is 4.76. The molecule has 14 heavy (non-hydrogen) atoms. The predicted molar refractivity (Wildman–Crippen MR) is 53.8 cm³/mol. The molecule has 0 bridgehead atoms. The fraction of sp³-hybridized carbons (Fsp3) is 0. The lowest BCUT2D eigenvalue weighted by Gasteiger charge is -2.02. The van der Waals surface area contributed by atoms with E-state index in [1.165, 1.54) is 0 Å². The van der Waals surface area contributed by atoms with E-state index in [9.17, 15) is 8.78 Å². The van der Waals surface area contributed by atoms with Crippen LogP contribution in [0.5, 0.6) is 0 Å². The highest BCUT2D eigenvalue weighted by Crippen LogP contribution is 2.26. The highest BCUT2D eigenvalue weighted by molar-refractivity contribution is 9.10. The minimum absolute atomic E-state index is 0.130. The third-order valence-electron chi connectivity index (χ3n) is 1.90. The van der Waals surface area contributed by atoms with Gasteiger partial charge in [0.1, 0.15) is 11.6 Å². The van der Waals surface area contributed by atoms with Gasteiger partial charge in [0.25, 0.3) is 0 Å². The van der Waals surface area contributed by atoms with Crippen LogP contribution in [-0.4, -0.2) is 4.98 Å². The van der Waals surface area contributed by atoms with Gasteiger partial charge in [-0.3, -0.25) is 0 Å². The molecule has 2 aromatic rings. The van der Waals surface area contributed by atoms with Crippen molar-refractivity contribution in [1.29, 1.82) is 0 Å². The molecule has 0 unspecified atom stereocenters. The van der Waals surface area contributed by atoms with E-state index in [0.29, 0.717) is 5.69 Å². The van der Waals surface area contributed by atoms with Crippen molar-refractivity contribution in [2.24, 2.45) is 0 Å². The summed E-state index contributed by atoms with van der Waals surface area (Å²) in [5, 5.41) is 0. The van der Waals surface area contributed by atoms with E-state index < -0.39 is 11.6 Å². The number of rotatable bonds is 1. The van der Waals surface area contributed by atoms with Crippen LogP contribution in [0.1, 0.15) is 0 Å². The molecule has 1 aromatic heterocycles. The van der Waals surface area contributed by atoms with Gasteiger partial charge >= 0.3 is 0 Å². The van der Waals surface area contributed by atoms with E-state index in [0.717, 1.165) is 12.1 Å². The van der Waals surface area contributed by atoms with Crippen LogP contribution in [0.2, 0.25) is 0 Å². The number of nitrogens with one attached hydrogen (secondary N) is 1. The molecular weight excluding hydrogens is 252 g/mol. The molecule has 0 aliphatic heterocycles. The number of benzene rings is 1. The van der Waals surface area contributed by atoms with Crippen molar-refractivity contribution in [3.8, 4) is 11.3 Å². The van der Waals surface area contributed by atoms with E-state index in [1.807, 2.05) is 0 Å². The highest BCUT2D eigenvalue weighted by atomic mass is 79.9. The van der Waals surface area contributed by atoms with Crippen LogP contribution in [0.15, 0.2) is 34.9 Å². The van der Waals surface area contributed by atoms with Gasteiger partial charge in [0, 0.05) is 17.5 Å². The molecule has 0 aliphatic carbocycles. The van der Waals surface area contributed by atoms with Gasteiger partial charge < -0.3 is 4.98 Å². The first-order chi connectivity index (χ1) is 6.68. The zero-order chi connectivity index (χ0) is 10.1. The quantitative estimate of drug-likeness (QED) is 0.750. The van der Waals surface area contributed by atoms with Crippen molar-refractivity contribution in [3.63, 3.8) is 0 Å². The molecular formula is C10H6BrF2N. The lowest BCUT2D eigenvalue weighted by molar-refractivity contribution is 0.597. The standard InChI is InChI=1S/C10H6BrF2N/c11-7-5-8(12)6(4-9(7)13)10-2-1-3-14-10/h1-5,14H. The highest BCUT2D eigenvalue weighted by Gasteiger charge is 2.10. The van der Waals surface area contributed by atoms with Crippen molar-refractivity contribution in [2.75, 3.05) is 0 Å². The van der Waals surface area contributed by atoms with Crippen LogP contribution >= 0.6 is 15.9 Å². The molecule has 0 amide bonds. The van der Waals surface area contributed by atoms with E-state index in [4.69, 9.17) is 0 Å². The molecule has 4 heteroatoms. The first kappa shape index (κ1) is 9.40. The Balaban J connectivity index is 2.60. The smallest absolute Gasteiger partial charge is 0.138 e. The van der Waals surface area contributed by atoms with Gasteiger partial charge in [-0.25, -0.2) is 8.78 Å². The molecule has 0 aliphatic rings. The van der Waals surface area contributed by atoms with Crippen molar-refractivity contribution < 1.29 is 8.78 Å². The zero-order valence-corrected chi connectivity index (χ0v) is 8.61. The molecule has 1 aromatic carbocycles. The van der Waals surface area contributed by atoms with Crippen LogP contribution in [-0.2, 0) is 0 Å². The minimum Gasteiger partial charge on any atom is -0.361 e. The van der Waals surface area contributed by atoms with E-state index in [-0.39, 0.29) is 10.0 Å². The molecule has 0 fully saturated rings. The van der Waals surface area contributed by atoms with E-state index in [1.54, 1.807) is 18.3 Å². The van der Waals surface area contributed by atoms with Crippen molar-refractivity contribution in [3.05, 3.63) is 46.6 Å². The number of hydrogen-bond donors (Lipinski definition) is 1. The van der Waals surface area contributed by atoms with Gasteiger partial charge in [0.2, 0.25) is 0 Å². The van der Waals surface area contributed by atoms with Crippen LogP contribution < -0.4 is 0 Å². The summed E-state index contributed by atoms with van der Waals surface area (Å²) >= 11 is 2.92. The predicted octanol–water partition coefficient (Wildman–Crippen LogP) is 3.72. The van der Waals surface area contributed by atoms with Gasteiger partial charge in [-0.2, -0.15) is 0 Å². The number of aromatic nitrogens is 1. The summed E-state index contributed by atoms with van der Waals surface area (Å²) in [5.74, 6) is -0.934. The monoisotopic (exact) mass is 257 g/mol. The number of H-pyrrole nitrogens is 1. The summed E-state index contributed by atoms with van der Waals surface area (Å²) in [6.07, 6.45) is 1.66. The average Bonchev–Trinajstić information content (AvgIpc) is 2.64. The van der Waals surface area contributed by atoms with Crippen molar-refractivity contribution >= 4 is 15.9 Å². The second-order valence-corrected chi connectivity index (χ2v) is 3.68. The number of halogens is 3. The van der Waals surface area contributed by atoms with E-state index in [2.05, 4.69) is 20.9 Å². The molecule has 0 saturated heterocycles. The fourth-order valence-electron chi connectivity index (χ4n) is 1.23. The lowest BCUT2D eigenvalue weighted by atomic mass is 10.1. The molecule has 1 heterocycles. The molecule has 0 radical (unpaired) electrons. The Bertz CT molecular complexity index is 451. The second-order valence-electron chi connectivity index (χ2n) is 2.83. The Kier molecular flexibility index (Phi) is 2.37. The third kappa shape index (κ3) is 1.57. The van der Waals surface area contributed by atoms with Gasteiger partial charge in [-0.15, -0.1) is 0 Å². The maximum absolute atomic E-state index is 13.4. The summed E-state index contributed by atoms with van der Waals surface area (Å²) in [6, 6.07) is 5.69. The molecule has 2 rings (SSSR count). The maximum atomic E-state index is 13.4.